The van der Waals surface area contributed by atoms with Crippen LogP contribution in [0.2, 0.25) is 5.15 Å². The zero-order chi connectivity index (χ0) is 15.4. The van der Waals surface area contributed by atoms with Gasteiger partial charge in [0.25, 0.3) is 0 Å². The minimum atomic E-state index is -0.544. The zero-order valence-electron chi connectivity index (χ0n) is 11.7. The van der Waals surface area contributed by atoms with Crippen molar-refractivity contribution < 1.29 is 9.53 Å². The smallest absolute Gasteiger partial charge is 0.341 e. The summed E-state index contributed by atoms with van der Waals surface area (Å²) in [6.45, 7) is 3.60. The maximum absolute atomic E-state index is 12.1. The van der Waals surface area contributed by atoms with Crippen molar-refractivity contribution in [1.29, 1.82) is 5.26 Å². The molecule has 2 rings (SSSR count). The Bertz CT molecular complexity index is 712. The predicted octanol–water partition coefficient (Wildman–Crippen LogP) is 3.58. The van der Waals surface area contributed by atoms with Crippen molar-refractivity contribution in [3.05, 3.63) is 63.4 Å². The van der Waals surface area contributed by atoms with Gasteiger partial charge in [0.05, 0.1) is 17.2 Å². The summed E-state index contributed by atoms with van der Waals surface area (Å²) in [4.78, 5) is 16.2. The maximum Gasteiger partial charge on any atom is 0.341 e. The van der Waals surface area contributed by atoms with E-state index >= 15 is 0 Å². The lowest BCUT2D eigenvalue weighted by molar-refractivity contribution is 0.0471. The van der Waals surface area contributed by atoms with Gasteiger partial charge in [0, 0.05) is 11.3 Å². The van der Waals surface area contributed by atoms with E-state index in [1.165, 1.54) is 0 Å². The van der Waals surface area contributed by atoms with Crippen LogP contribution in [-0.4, -0.2) is 11.0 Å². The molecule has 0 aliphatic heterocycles. The van der Waals surface area contributed by atoms with Crippen LogP contribution in [-0.2, 0) is 11.3 Å². The van der Waals surface area contributed by atoms with Gasteiger partial charge in [0.1, 0.15) is 11.8 Å². The number of carbonyl (C=O) groups is 1. The van der Waals surface area contributed by atoms with E-state index in [9.17, 15) is 4.79 Å². The van der Waals surface area contributed by atoms with Gasteiger partial charge in [0.15, 0.2) is 0 Å². The number of hydrogen-bond donors (Lipinski definition) is 0. The molecule has 0 saturated heterocycles. The van der Waals surface area contributed by atoms with Crippen molar-refractivity contribution in [3.63, 3.8) is 0 Å². The first-order valence-electron chi connectivity index (χ1n) is 6.31. The van der Waals surface area contributed by atoms with Gasteiger partial charge >= 0.3 is 5.97 Å². The molecule has 0 spiro atoms. The highest BCUT2D eigenvalue weighted by Crippen LogP contribution is 2.20. The first-order chi connectivity index (χ1) is 10.0. The monoisotopic (exact) mass is 300 g/mol. The molecule has 0 bridgehead atoms. The van der Waals surface area contributed by atoms with E-state index in [4.69, 9.17) is 21.6 Å². The average Bonchev–Trinajstić information content (AvgIpc) is 2.44. The predicted molar refractivity (Wildman–Crippen MR) is 79.0 cm³/mol. The Morgan fingerprint density at radius 3 is 2.76 bits per heavy atom. The lowest BCUT2D eigenvalue weighted by atomic mass is 10.1. The summed E-state index contributed by atoms with van der Waals surface area (Å²) < 4.78 is 5.24. The van der Waals surface area contributed by atoms with E-state index in [2.05, 4.69) is 11.1 Å². The SMILES string of the molecule is Cc1cc(C)c(C(=O)OCc2ccccc2C#N)c(Cl)n1. The summed E-state index contributed by atoms with van der Waals surface area (Å²) in [5.74, 6) is -0.544. The number of aryl methyl sites for hydroxylation is 2. The van der Waals surface area contributed by atoms with E-state index in [1.54, 1.807) is 44.2 Å². The molecule has 0 unspecified atom stereocenters. The molecule has 106 valence electrons. The number of hydrogen-bond acceptors (Lipinski definition) is 4. The summed E-state index contributed by atoms with van der Waals surface area (Å²) in [5.41, 5.74) is 2.85. The summed E-state index contributed by atoms with van der Waals surface area (Å²) in [6, 6.07) is 10.8. The Morgan fingerprint density at radius 1 is 1.38 bits per heavy atom. The molecule has 0 aliphatic rings. The summed E-state index contributed by atoms with van der Waals surface area (Å²) in [5, 5.41) is 9.13. The first-order valence-corrected chi connectivity index (χ1v) is 6.69. The second-order valence-electron chi connectivity index (χ2n) is 4.59. The molecule has 0 fully saturated rings. The maximum atomic E-state index is 12.1. The number of pyridine rings is 1. The Hall–Kier alpha value is -2.38. The van der Waals surface area contributed by atoms with Crippen LogP contribution in [0.25, 0.3) is 0 Å². The molecular formula is C16H13ClN2O2. The quantitative estimate of drug-likeness (QED) is 0.642. The number of rotatable bonds is 3. The van der Waals surface area contributed by atoms with Crippen LogP contribution in [0.1, 0.15) is 32.7 Å². The number of benzene rings is 1. The number of halogens is 1. The minimum Gasteiger partial charge on any atom is -0.457 e. The van der Waals surface area contributed by atoms with Crippen LogP contribution in [0.15, 0.2) is 30.3 Å². The van der Waals surface area contributed by atoms with E-state index in [-0.39, 0.29) is 17.3 Å². The van der Waals surface area contributed by atoms with Gasteiger partial charge in [0.2, 0.25) is 0 Å². The zero-order valence-corrected chi connectivity index (χ0v) is 12.4. The Kier molecular flexibility index (Phi) is 4.56. The molecule has 1 aromatic carbocycles. The third-order valence-electron chi connectivity index (χ3n) is 3.00. The normalized spacial score (nSPS) is 10.0. The Labute approximate surface area is 128 Å². The van der Waals surface area contributed by atoms with Crippen molar-refractivity contribution in [2.75, 3.05) is 0 Å². The van der Waals surface area contributed by atoms with Crippen LogP contribution in [0.5, 0.6) is 0 Å². The second-order valence-corrected chi connectivity index (χ2v) is 4.95. The standard InChI is InChI=1S/C16H13ClN2O2/c1-10-7-11(2)19-15(17)14(10)16(20)21-9-13-6-4-3-5-12(13)8-18/h3-7H,9H2,1-2H3. The van der Waals surface area contributed by atoms with Crippen molar-refractivity contribution in [2.45, 2.75) is 20.5 Å². The molecule has 1 heterocycles. The molecule has 1 aromatic heterocycles. The first kappa shape index (κ1) is 15.0. The average molecular weight is 301 g/mol. The van der Waals surface area contributed by atoms with Crippen molar-refractivity contribution in [2.24, 2.45) is 0 Å². The largest absolute Gasteiger partial charge is 0.457 e. The van der Waals surface area contributed by atoms with Crippen LogP contribution in [0, 0.1) is 25.2 Å². The second kappa shape index (κ2) is 6.38. The third-order valence-corrected chi connectivity index (χ3v) is 3.27. The van der Waals surface area contributed by atoms with Crippen LogP contribution in [0.4, 0.5) is 0 Å². The van der Waals surface area contributed by atoms with Gasteiger partial charge < -0.3 is 4.74 Å². The number of ether oxygens (including phenoxy) is 1. The van der Waals surface area contributed by atoms with Gasteiger partial charge in [-0.15, -0.1) is 0 Å². The van der Waals surface area contributed by atoms with E-state index in [1.807, 2.05) is 0 Å². The molecule has 0 aliphatic carbocycles. The topological polar surface area (TPSA) is 63.0 Å². The number of carbonyl (C=O) groups excluding carboxylic acids is 1. The molecular weight excluding hydrogens is 288 g/mol. The van der Waals surface area contributed by atoms with Gasteiger partial charge in [-0.1, -0.05) is 29.8 Å². The van der Waals surface area contributed by atoms with Gasteiger partial charge in [-0.25, -0.2) is 9.78 Å². The van der Waals surface area contributed by atoms with Crippen LogP contribution in [0.3, 0.4) is 0 Å². The lowest BCUT2D eigenvalue weighted by Crippen LogP contribution is -2.10. The molecule has 0 amide bonds. The molecule has 21 heavy (non-hydrogen) atoms. The van der Waals surface area contributed by atoms with Crippen LogP contribution >= 0.6 is 11.6 Å². The van der Waals surface area contributed by atoms with Crippen molar-refractivity contribution in [1.82, 2.24) is 4.98 Å². The fraction of sp³-hybridized carbons (Fsp3) is 0.188. The summed E-state index contributed by atoms with van der Waals surface area (Å²) in [6.07, 6.45) is 0. The molecule has 5 heteroatoms. The van der Waals surface area contributed by atoms with Gasteiger partial charge in [-0.05, 0) is 31.5 Å². The fourth-order valence-corrected chi connectivity index (χ4v) is 2.37. The van der Waals surface area contributed by atoms with Gasteiger partial charge in [-0.3, -0.25) is 0 Å². The number of nitrogens with zero attached hydrogens (tertiary/aromatic N) is 2. The highest BCUT2D eigenvalue weighted by atomic mass is 35.5. The molecule has 4 nitrogen and oxygen atoms in total. The molecule has 0 atom stereocenters. The van der Waals surface area contributed by atoms with Crippen molar-refractivity contribution >= 4 is 17.6 Å². The van der Waals surface area contributed by atoms with E-state index in [0.717, 1.165) is 5.69 Å². The minimum absolute atomic E-state index is 0.0201. The third kappa shape index (κ3) is 3.39. The summed E-state index contributed by atoms with van der Waals surface area (Å²) in [7, 11) is 0. The van der Waals surface area contributed by atoms with Gasteiger partial charge in [-0.2, -0.15) is 5.26 Å². The molecule has 0 saturated carbocycles. The molecule has 0 radical (unpaired) electrons. The summed E-state index contributed by atoms with van der Waals surface area (Å²) >= 11 is 6.01. The highest BCUT2D eigenvalue weighted by Gasteiger charge is 2.17. The Morgan fingerprint density at radius 2 is 2.10 bits per heavy atom. The Balaban J connectivity index is 2.18. The van der Waals surface area contributed by atoms with E-state index < -0.39 is 5.97 Å². The van der Waals surface area contributed by atoms with Crippen molar-refractivity contribution in [3.8, 4) is 6.07 Å². The lowest BCUT2D eigenvalue weighted by Gasteiger charge is -2.10. The van der Waals surface area contributed by atoms with E-state index in [0.29, 0.717) is 16.7 Å². The number of aromatic nitrogens is 1. The van der Waals surface area contributed by atoms with Crippen LogP contribution < -0.4 is 0 Å². The number of nitriles is 1. The highest BCUT2D eigenvalue weighted by molar-refractivity contribution is 6.32. The fourth-order valence-electron chi connectivity index (χ4n) is 2.01. The molecule has 0 N–H and O–H groups in total. The number of esters is 1. The molecule has 2 aromatic rings.